The van der Waals surface area contributed by atoms with Gasteiger partial charge in [0, 0.05) is 23.9 Å². The van der Waals surface area contributed by atoms with Crippen LogP contribution in [0.15, 0.2) is 48.5 Å². The number of hydrogen-bond donors (Lipinski definition) is 2. The summed E-state index contributed by atoms with van der Waals surface area (Å²) in [6, 6.07) is 14.1. The molecule has 2 N–H and O–H groups in total. The fourth-order valence-electron chi connectivity index (χ4n) is 2.25. The highest BCUT2D eigenvalue weighted by molar-refractivity contribution is 6.04. The Morgan fingerprint density at radius 1 is 1.09 bits per heavy atom. The van der Waals surface area contributed by atoms with E-state index in [1.165, 1.54) is 11.6 Å². The second-order valence-corrected chi connectivity index (χ2v) is 5.16. The summed E-state index contributed by atoms with van der Waals surface area (Å²) in [4.78, 5) is 14.5. The maximum atomic E-state index is 12.2. The van der Waals surface area contributed by atoms with Gasteiger partial charge in [-0.2, -0.15) is 0 Å². The van der Waals surface area contributed by atoms with Gasteiger partial charge >= 0.3 is 0 Å². The summed E-state index contributed by atoms with van der Waals surface area (Å²) in [5, 5.41) is 12.2. The molecule has 0 aliphatic heterocycles. The molecule has 1 amide bonds. The summed E-state index contributed by atoms with van der Waals surface area (Å²) in [5.41, 5.74) is 2.38. The van der Waals surface area contributed by atoms with Gasteiger partial charge in [-0.15, -0.1) is 0 Å². The summed E-state index contributed by atoms with van der Waals surface area (Å²) in [6.45, 7) is 7.19. The lowest BCUT2D eigenvalue weighted by Gasteiger charge is -2.18. The molecule has 2 aromatic rings. The largest absolute Gasteiger partial charge is 0.508 e. The van der Waals surface area contributed by atoms with Gasteiger partial charge in [-0.25, -0.2) is 0 Å². The van der Waals surface area contributed by atoms with Crippen LogP contribution >= 0.6 is 0 Å². The Kier molecular flexibility index (Phi) is 5.55. The van der Waals surface area contributed by atoms with Crippen molar-refractivity contribution in [1.82, 2.24) is 4.90 Å². The summed E-state index contributed by atoms with van der Waals surface area (Å²) in [7, 11) is 0. The first-order chi connectivity index (χ1) is 10.6. The van der Waals surface area contributed by atoms with Crippen molar-refractivity contribution in [2.45, 2.75) is 20.4 Å². The van der Waals surface area contributed by atoms with E-state index in [1.54, 1.807) is 18.2 Å². The highest BCUT2D eigenvalue weighted by Crippen LogP contribution is 2.16. The maximum absolute atomic E-state index is 12.2. The van der Waals surface area contributed by atoms with Gasteiger partial charge in [-0.3, -0.25) is 9.69 Å². The Labute approximate surface area is 131 Å². The van der Waals surface area contributed by atoms with E-state index < -0.39 is 0 Å². The van der Waals surface area contributed by atoms with Crippen molar-refractivity contribution in [3.63, 3.8) is 0 Å². The van der Waals surface area contributed by atoms with Gasteiger partial charge in [0.1, 0.15) is 5.75 Å². The molecule has 0 saturated heterocycles. The molecule has 0 aromatic heterocycles. The van der Waals surface area contributed by atoms with Crippen LogP contribution in [0.4, 0.5) is 5.69 Å². The standard InChI is InChI=1S/C18H22N2O2/c1-3-20(4-2)13-14-8-10-15(11-9-14)18(22)19-16-6-5-7-17(21)12-16/h5-12,21H,3-4,13H2,1-2H3,(H,19,22). The predicted octanol–water partition coefficient (Wildman–Crippen LogP) is 3.49. The molecule has 2 aromatic carbocycles. The van der Waals surface area contributed by atoms with Gasteiger partial charge in [0.25, 0.3) is 5.91 Å². The molecule has 116 valence electrons. The number of phenolic OH excluding ortho intramolecular Hbond substituents is 1. The lowest BCUT2D eigenvalue weighted by Crippen LogP contribution is -2.22. The fourth-order valence-corrected chi connectivity index (χ4v) is 2.25. The molecule has 4 nitrogen and oxygen atoms in total. The first-order valence-corrected chi connectivity index (χ1v) is 7.54. The summed E-state index contributed by atoms with van der Waals surface area (Å²) in [6.07, 6.45) is 0. The molecule has 2 rings (SSSR count). The van der Waals surface area contributed by atoms with Crippen molar-refractivity contribution < 1.29 is 9.90 Å². The lowest BCUT2D eigenvalue weighted by molar-refractivity contribution is 0.102. The third kappa shape index (κ3) is 4.33. The number of nitrogens with zero attached hydrogens (tertiary/aromatic N) is 1. The van der Waals surface area contributed by atoms with Crippen molar-refractivity contribution >= 4 is 11.6 Å². The fraction of sp³-hybridized carbons (Fsp3) is 0.278. The summed E-state index contributed by atoms with van der Waals surface area (Å²) >= 11 is 0. The molecule has 0 unspecified atom stereocenters. The van der Waals surface area contributed by atoms with E-state index in [1.807, 2.05) is 24.3 Å². The normalized spacial score (nSPS) is 10.7. The molecule has 0 aliphatic carbocycles. The number of benzene rings is 2. The second-order valence-electron chi connectivity index (χ2n) is 5.16. The van der Waals surface area contributed by atoms with Gasteiger partial charge in [-0.1, -0.05) is 32.0 Å². The van der Waals surface area contributed by atoms with E-state index in [0.29, 0.717) is 11.3 Å². The lowest BCUT2D eigenvalue weighted by atomic mass is 10.1. The minimum Gasteiger partial charge on any atom is -0.508 e. The number of amides is 1. The number of rotatable bonds is 6. The molecule has 0 fully saturated rings. The van der Waals surface area contributed by atoms with Crippen molar-refractivity contribution in [2.24, 2.45) is 0 Å². The molecule has 0 radical (unpaired) electrons. The number of anilines is 1. The first kappa shape index (κ1) is 16.0. The van der Waals surface area contributed by atoms with Gasteiger partial charge < -0.3 is 10.4 Å². The highest BCUT2D eigenvalue weighted by atomic mass is 16.3. The first-order valence-electron chi connectivity index (χ1n) is 7.54. The zero-order valence-electron chi connectivity index (χ0n) is 13.0. The van der Waals surface area contributed by atoms with Gasteiger partial charge in [0.15, 0.2) is 0 Å². The van der Waals surface area contributed by atoms with E-state index in [0.717, 1.165) is 19.6 Å². The van der Waals surface area contributed by atoms with Crippen LogP contribution in [0.3, 0.4) is 0 Å². The SMILES string of the molecule is CCN(CC)Cc1ccc(C(=O)Nc2cccc(O)c2)cc1. The third-order valence-corrected chi connectivity index (χ3v) is 3.62. The average Bonchev–Trinajstić information content (AvgIpc) is 2.53. The summed E-state index contributed by atoms with van der Waals surface area (Å²) < 4.78 is 0. The molecule has 22 heavy (non-hydrogen) atoms. The molecule has 4 heteroatoms. The van der Waals surface area contributed by atoms with Crippen LogP contribution in [0.5, 0.6) is 5.75 Å². The van der Waals surface area contributed by atoms with E-state index in [9.17, 15) is 9.90 Å². The molecular weight excluding hydrogens is 276 g/mol. The van der Waals surface area contributed by atoms with E-state index in [-0.39, 0.29) is 11.7 Å². The maximum Gasteiger partial charge on any atom is 0.255 e. The van der Waals surface area contributed by atoms with Crippen molar-refractivity contribution in [3.8, 4) is 5.75 Å². The number of carbonyl (C=O) groups excluding carboxylic acids is 1. The topological polar surface area (TPSA) is 52.6 Å². The Bertz CT molecular complexity index is 619. The molecule has 0 heterocycles. The minimum atomic E-state index is -0.181. The Morgan fingerprint density at radius 2 is 1.77 bits per heavy atom. The number of aromatic hydroxyl groups is 1. The van der Waals surface area contributed by atoms with Crippen LogP contribution in [0, 0.1) is 0 Å². The Morgan fingerprint density at radius 3 is 2.36 bits per heavy atom. The van der Waals surface area contributed by atoms with Gasteiger partial charge in [0.2, 0.25) is 0 Å². The van der Waals surface area contributed by atoms with Crippen LogP contribution < -0.4 is 5.32 Å². The highest BCUT2D eigenvalue weighted by Gasteiger charge is 2.07. The van der Waals surface area contributed by atoms with Crippen LogP contribution in [-0.4, -0.2) is 29.0 Å². The second kappa shape index (κ2) is 7.61. The zero-order valence-corrected chi connectivity index (χ0v) is 13.0. The van der Waals surface area contributed by atoms with E-state index in [2.05, 4.69) is 24.1 Å². The monoisotopic (exact) mass is 298 g/mol. The third-order valence-electron chi connectivity index (χ3n) is 3.62. The quantitative estimate of drug-likeness (QED) is 0.858. The van der Waals surface area contributed by atoms with Crippen molar-refractivity contribution in [2.75, 3.05) is 18.4 Å². The minimum absolute atomic E-state index is 0.132. The van der Waals surface area contributed by atoms with Crippen LogP contribution in [0.25, 0.3) is 0 Å². The number of carbonyl (C=O) groups is 1. The van der Waals surface area contributed by atoms with Crippen molar-refractivity contribution in [3.05, 3.63) is 59.7 Å². The van der Waals surface area contributed by atoms with E-state index >= 15 is 0 Å². The Hall–Kier alpha value is -2.33. The average molecular weight is 298 g/mol. The molecule has 0 aliphatic rings. The van der Waals surface area contributed by atoms with Crippen LogP contribution in [0.1, 0.15) is 29.8 Å². The number of nitrogens with one attached hydrogen (secondary N) is 1. The summed E-state index contributed by atoms with van der Waals surface area (Å²) in [5.74, 6) is -0.0487. The van der Waals surface area contributed by atoms with Crippen molar-refractivity contribution in [1.29, 1.82) is 0 Å². The molecule has 0 bridgehead atoms. The predicted molar refractivity (Wildman–Crippen MR) is 89.1 cm³/mol. The van der Waals surface area contributed by atoms with Crippen LogP contribution in [-0.2, 0) is 6.54 Å². The van der Waals surface area contributed by atoms with E-state index in [4.69, 9.17) is 0 Å². The number of phenols is 1. The smallest absolute Gasteiger partial charge is 0.255 e. The van der Waals surface area contributed by atoms with Gasteiger partial charge in [0.05, 0.1) is 0 Å². The Balaban J connectivity index is 2.02. The molecular formula is C18H22N2O2. The number of hydrogen-bond acceptors (Lipinski definition) is 3. The molecule has 0 atom stereocenters. The molecule has 0 spiro atoms. The zero-order chi connectivity index (χ0) is 15.9. The van der Waals surface area contributed by atoms with Gasteiger partial charge in [-0.05, 0) is 42.9 Å². The molecule has 0 saturated carbocycles. The van der Waals surface area contributed by atoms with Crippen LogP contribution in [0.2, 0.25) is 0 Å².